The number of carbonyl (C=O) groups excluding carboxylic acids is 1. The maximum Gasteiger partial charge on any atom is 0.322 e. The van der Waals surface area contributed by atoms with Crippen molar-refractivity contribution in [3.05, 3.63) is 107 Å². The number of benzene rings is 3. The summed E-state index contributed by atoms with van der Waals surface area (Å²) >= 11 is 6.00. The van der Waals surface area contributed by atoms with Crippen molar-refractivity contribution >= 4 is 34.2 Å². The number of hydrogen-bond acceptors (Lipinski definition) is 2. The molecule has 1 spiro atoms. The van der Waals surface area contributed by atoms with Crippen molar-refractivity contribution in [3.63, 3.8) is 0 Å². The van der Waals surface area contributed by atoms with Gasteiger partial charge in [-0.2, -0.15) is 0 Å². The fourth-order valence-corrected chi connectivity index (χ4v) is 6.20. The van der Waals surface area contributed by atoms with E-state index in [1.807, 2.05) is 47.5 Å². The first-order chi connectivity index (χ1) is 17.5. The van der Waals surface area contributed by atoms with Crippen LogP contribution in [0.2, 0.25) is 5.02 Å². The molecule has 2 aliphatic carbocycles. The van der Waals surface area contributed by atoms with Gasteiger partial charge in [-0.25, -0.2) is 9.18 Å². The standard InChI is InChI=1S/C30H27ClFN3O/c31-22-6-9-24(10-7-22)34-29(36)35(19-20-4-2-1-3-5-20)25-17-30(18-25)15-21(16-30)26-12-13-33-28-11-8-23(32)14-27(26)28/h1-14,21,25H,15-19H2,(H,34,36). The van der Waals surface area contributed by atoms with Gasteiger partial charge < -0.3 is 10.2 Å². The number of anilines is 1. The molecule has 4 nitrogen and oxygen atoms in total. The molecule has 0 atom stereocenters. The lowest BCUT2D eigenvalue weighted by Gasteiger charge is -2.60. The normalized spacial score (nSPS) is 22.6. The fraction of sp³-hybridized carbons (Fsp3) is 0.267. The number of halogens is 2. The van der Waals surface area contributed by atoms with Crippen molar-refractivity contribution in [2.75, 3.05) is 5.32 Å². The van der Waals surface area contributed by atoms with Crippen molar-refractivity contribution < 1.29 is 9.18 Å². The largest absolute Gasteiger partial charge is 0.322 e. The van der Waals surface area contributed by atoms with E-state index in [0.29, 0.717) is 17.5 Å². The van der Waals surface area contributed by atoms with Gasteiger partial charge in [-0.15, -0.1) is 0 Å². The first-order valence-electron chi connectivity index (χ1n) is 12.4. The van der Waals surface area contributed by atoms with Crippen molar-refractivity contribution in [1.82, 2.24) is 9.88 Å². The highest BCUT2D eigenvalue weighted by Crippen LogP contribution is 2.63. The molecule has 6 rings (SSSR count). The topological polar surface area (TPSA) is 45.2 Å². The van der Waals surface area contributed by atoms with Gasteiger partial charge in [0.15, 0.2) is 0 Å². The van der Waals surface area contributed by atoms with Crippen LogP contribution in [0.3, 0.4) is 0 Å². The Hall–Kier alpha value is -3.44. The van der Waals surface area contributed by atoms with E-state index >= 15 is 0 Å². The zero-order valence-electron chi connectivity index (χ0n) is 19.8. The molecular formula is C30H27ClFN3O. The van der Waals surface area contributed by atoms with Crippen LogP contribution in [0.5, 0.6) is 0 Å². The zero-order valence-corrected chi connectivity index (χ0v) is 20.6. The number of carbonyl (C=O) groups is 1. The van der Waals surface area contributed by atoms with Crippen molar-refractivity contribution in [3.8, 4) is 0 Å². The summed E-state index contributed by atoms with van der Waals surface area (Å²) in [5.74, 6) is 0.182. The van der Waals surface area contributed by atoms with E-state index in [2.05, 4.69) is 22.4 Å². The molecule has 2 saturated carbocycles. The van der Waals surface area contributed by atoms with E-state index in [4.69, 9.17) is 11.6 Å². The molecule has 1 N–H and O–H groups in total. The zero-order chi connectivity index (χ0) is 24.7. The highest BCUT2D eigenvalue weighted by atomic mass is 35.5. The average Bonchev–Trinajstić information content (AvgIpc) is 2.83. The first-order valence-corrected chi connectivity index (χ1v) is 12.8. The molecule has 1 heterocycles. The number of rotatable bonds is 5. The number of fused-ring (bicyclic) bond motifs is 1. The molecule has 1 aromatic heterocycles. The van der Waals surface area contributed by atoms with Gasteiger partial charge in [0.2, 0.25) is 0 Å². The number of nitrogens with one attached hydrogen (secondary N) is 1. The number of amides is 2. The van der Waals surface area contributed by atoms with Gasteiger partial charge in [-0.05, 0) is 96.7 Å². The summed E-state index contributed by atoms with van der Waals surface area (Å²) in [6.45, 7) is 0.568. The number of hydrogen-bond donors (Lipinski definition) is 1. The quantitative estimate of drug-likeness (QED) is 0.304. The van der Waals surface area contributed by atoms with Crippen LogP contribution in [0, 0.1) is 11.2 Å². The minimum absolute atomic E-state index is 0.0903. The minimum atomic E-state index is -0.224. The molecule has 182 valence electrons. The van der Waals surface area contributed by atoms with Crippen molar-refractivity contribution in [1.29, 1.82) is 0 Å². The van der Waals surface area contributed by atoms with Crippen LogP contribution < -0.4 is 5.32 Å². The van der Waals surface area contributed by atoms with Crippen LogP contribution in [-0.2, 0) is 6.54 Å². The molecule has 4 aromatic rings. The number of aromatic nitrogens is 1. The molecule has 3 aromatic carbocycles. The number of urea groups is 1. The Balaban J connectivity index is 1.16. The van der Waals surface area contributed by atoms with E-state index in [1.54, 1.807) is 24.3 Å². The summed E-state index contributed by atoms with van der Waals surface area (Å²) in [6.07, 6.45) is 5.94. The smallest absolute Gasteiger partial charge is 0.317 e. The van der Waals surface area contributed by atoms with Crippen LogP contribution in [0.1, 0.15) is 42.7 Å². The molecule has 0 unspecified atom stereocenters. The van der Waals surface area contributed by atoms with Crippen molar-refractivity contribution in [2.24, 2.45) is 5.41 Å². The predicted molar refractivity (Wildman–Crippen MR) is 142 cm³/mol. The lowest BCUT2D eigenvalue weighted by molar-refractivity contribution is -0.0548. The molecule has 6 heteroatoms. The summed E-state index contributed by atoms with van der Waals surface area (Å²) in [6, 6.07) is 24.3. The molecule has 2 fully saturated rings. The SMILES string of the molecule is O=C(Nc1ccc(Cl)cc1)N(Cc1ccccc1)C1CC2(CC(c3ccnc4ccc(F)cc34)C2)C1. The van der Waals surface area contributed by atoms with Crippen LogP contribution in [0.25, 0.3) is 10.9 Å². The van der Waals surface area contributed by atoms with Gasteiger partial charge >= 0.3 is 6.03 Å². The van der Waals surface area contributed by atoms with Crippen LogP contribution in [-0.4, -0.2) is 22.0 Å². The van der Waals surface area contributed by atoms with Gasteiger partial charge in [0.05, 0.1) is 5.52 Å². The molecule has 2 amide bonds. The first kappa shape index (κ1) is 23.0. The lowest BCUT2D eigenvalue weighted by Crippen LogP contribution is -2.57. The highest BCUT2D eigenvalue weighted by Gasteiger charge is 2.55. The molecular weight excluding hydrogens is 473 g/mol. The summed E-state index contributed by atoms with van der Waals surface area (Å²) in [7, 11) is 0. The van der Waals surface area contributed by atoms with Gasteiger partial charge in [0.1, 0.15) is 5.82 Å². The van der Waals surface area contributed by atoms with E-state index < -0.39 is 0 Å². The molecule has 2 aliphatic rings. The highest BCUT2D eigenvalue weighted by molar-refractivity contribution is 6.30. The van der Waals surface area contributed by atoms with Gasteiger partial charge in [0.25, 0.3) is 0 Å². The Morgan fingerprint density at radius 3 is 2.50 bits per heavy atom. The van der Waals surface area contributed by atoms with E-state index in [-0.39, 0.29) is 23.3 Å². The summed E-state index contributed by atoms with van der Waals surface area (Å²) in [5, 5.41) is 4.60. The second kappa shape index (κ2) is 9.21. The second-order valence-electron chi connectivity index (χ2n) is 10.3. The third-order valence-electron chi connectivity index (χ3n) is 7.87. The minimum Gasteiger partial charge on any atom is -0.317 e. The predicted octanol–water partition coefficient (Wildman–Crippen LogP) is 7.79. The Bertz CT molecular complexity index is 1400. The van der Waals surface area contributed by atoms with Gasteiger partial charge in [-0.1, -0.05) is 41.9 Å². The fourth-order valence-electron chi connectivity index (χ4n) is 6.07. The van der Waals surface area contributed by atoms with Crippen LogP contribution in [0.15, 0.2) is 85.1 Å². The Morgan fingerprint density at radius 2 is 1.75 bits per heavy atom. The number of pyridine rings is 1. The van der Waals surface area contributed by atoms with Crippen LogP contribution >= 0.6 is 11.6 Å². The Kier molecular flexibility index (Phi) is 5.88. The van der Waals surface area contributed by atoms with E-state index in [0.717, 1.165) is 47.8 Å². The Morgan fingerprint density at radius 1 is 1.00 bits per heavy atom. The molecule has 36 heavy (non-hydrogen) atoms. The molecule has 0 radical (unpaired) electrons. The second-order valence-corrected chi connectivity index (χ2v) is 10.7. The third-order valence-corrected chi connectivity index (χ3v) is 8.12. The van der Waals surface area contributed by atoms with Crippen molar-refractivity contribution in [2.45, 2.75) is 44.2 Å². The van der Waals surface area contributed by atoms with E-state index in [9.17, 15) is 9.18 Å². The lowest BCUT2D eigenvalue weighted by atomic mass is 9.48. The molecule has 0 saturated heterocycles. The Labute approximate surface area is 215 Å². The summed E-state index contributed by atoms with van der Waals surface area (Å²) < 4.78 is 13.9. The summed E-state index contributed by atoms with van der Waals surface area (Å²) in [4.78, 5) is 19.7. The van der Waals surface area contributed by atoms with Crippen LogP contribution in [0.4, 0.5) is 14.9 Å². The summed E-state index contributed by atoms with van der Waals surface area (Å²) in [5.41, 5.74) is 4.14. The van der Waals surface area contributed by atoms with E-state index in [1.165, 1.54) is 11.6 Å². The number of nitrogens with zero attached hydrogens (tertiary/aromatic N) is 2. The third kappa shape index (κ3) is 4.44. The van der Waals surface area contributed by atoms with Gasteiger partial charge in [0, 0.05) is 34.9 Å². The average molecular weight is 500 g/mol. The molecule has 0 bridgehead atoms. The monoisotopic (exact) mass is 499 g/mol. The van der Waals surface area contributed by atoms with Gasteiger partial charge in [-0.3, -0.25) is 4.98 Å². The molecule has 0 aliphatic heterocycles. The maximum atomic E-state index is 13.9. The maximum absolute atomic E-state index is 13.9.